The van der Waals surface area contributed by atoms with Crippen molar-refractivity contribution in [2.75, 3.05) is 37.7 Å². The molecule has 0 aliphatic carbocycles. The van der Waals surface area contributed by atoms with E-state index in [1.807, 2.05) is 42.2 Å². The van der Waals surface area contributed by atoms with Crippen LogP contribution >= 0.6 is 0 Å². The van der Waals surface area contributed by atoms with Gasteiger partial charge in [-0.05, 0) is 49.6 Å². The smallest absolute Gasteiger partial charge is 0.253 e. The van der Waals surface area contributed by atoms with Gasteiger partial charge in [0.1, 0.15) is 17.4 Å². The van der Waals surface area contributed by atoms with Gasteiger partial charge in [0.2, 0.25) is 0 Å². The predicted octanol–water partition coefficient (Wildman–Crippen LogP) is 5.08. The third-order valence-corrected chi connectivity index (χ3v) is 6.48. The van der Waals surface area contributed by atoms with Crippen LogP contribution in [0, 0.1) is 6.92 Å². The Bertz CT molecular complexity index is 1110. The Balaban J connectivity index is 1.44. The molecule has 0 radical (unpaired) electrons. The Morgan fingerprint density at radius 1 is 0.943 bits per heavy atom. The number of amides is 1. The molecule has 0 atom stereocenters. The highest BCUT2D eigenvalue weighted by Gasteiger charge is 2.26. The van der Waals surface area contributed by atoms with Gasteiger partial charge in [-0.2, -0.15) is 0 Å². The number of aromatic nitrogens is 2. The minimum atomic E-state index is 0.0717. The third-order valence-electron chi connectivity index (χ3n) is 6.48. The number of aryl methyl sites for hydroxylation is 2. The molecule has 0 spiro atoms. The van der Waals surface area contributed by atoms with E-state index in [0.29, 0.717) is 25.3 Å². The van der Waals surface area contributed by atoms with E-state index in [-0.39, 0.29) is 5.91 Å². The molecule has 35 heavy (non-hydrogen) atoms. The number of unbranched alkanes of at least 4 members (excludes halogenated alkanes) is 1. The van der Waals surface area contributed by atoms with Crippen LogP contribution in [-0.2, 0) is 12.8 Å². The van der Waals surface area contributed by atoms with E-state index in [2.05, 4.69) is 43.0 Å². The number of rotatable bonds is 9. The number of carbonyl (C=O) groups is 1. The lowest BCUT2D eigenvalue weighted by atomic mass is 10.0. The standard InChI is InChI=1S/C29H36N4O2/c1-4-6-20-35-25-14-12-24(13-15-25)29(34)33-18-16-32(17-19-33)28-26(21-23-10-8-7-9-11-23)27(5-2)30-22(3)31-28/h7-15H,4-6,16-21H2,1-3H3. The third kappa shape index (κ3) is 6.18. The molecule has 2 aromatic carbocycles. The Kier molecular flexibility index (Phi) is 8.35. The Hall–Kier alpha value is -3.41. The fourth-order valence-corrected chi connectivity index (χ4v) is 4.50. The van der Waals surface area contributed by atoms with Gasteiger partial charge in [0, 0.05) is 49.4 Å². The minimum Gasteiger partial charge on any atom is -0.494 e. The van der Waals surface area contributed by atoms with Gasteiger partial charge in [0.15, 0.2) is 0 Å². The van der Waals surface area contributed by atoms with Crippen LogP contribution in [0.3, 0.4) is 0 Å². The molecule has 184 valence electrons. The normalized spacial score (nSPS) is 13.7. The summed E-state index contributed by atoms with van der Waals surface area (Å²) in [4.78, 5) is 27.0. The van der Waals surface area contributed by atoms with Gasteiger partial charge < -0.3 is 14.5 Å². The first-order chi connectivity index (χ1) is 17.1. The minimum absolute atomic E-state index is 0.0717. The first-order valence-corrected chi connectivity index (χ1v) is 12.8. The molecule has 1 amide bonds. The van der Waals surface area contributed by atoms with Gasteiger partial charge in [-0.1, -0.05) is 50.6 Å². The fourth-order valence-electron chi connectivity index (χ4n) is 4.50. The number of benzene rings is 2. The van der Waals surface area contributed by atoms with E-state index in [9.17, 15) is 4.79 Å². The monoisotopic (exact) mass is 472 g/mol. The topological polar surface area (TPSA) is 58.6 Å². The summed E-state index contributed by atoms with van der Waals surface area (Å²) in [5.41, 5.74) is 4.27. The van der Waals surface area contributed by atoms with Crippen LogP contribution < -0.4 is 9.64 Å². The summed E-state index contributed by atoms with van der Waals surface area (Å²) in [6.07, 6.45) is 3.81. The molecule has 1 aliphatic heterocycles. The van der Waals surface area contributed by atoms with Crippen molar-refractivity contribution in [3.05, 3.63) is 82.8 Å². The molecule has 6 nitrogen and oxygen atoms in total. The van der Waals surface area contributed by atoms with Crippen LogP contribution in [0.4, 0.5) is 5.82 Å². The van der Waals surface area contributed by atoms with Crippen molar-refractivity contribution in [2.45, 2.75) is 46.5 Å². The Morgan fingerprint density at radius 2 is 1.66 bits per heavy atom. The summed E-state index contributed by atoms with van der Waals surface area (Å²) in [5, 5.41) is 0. The van der Waals surface area contributed by atoms with Gasteiger partial charge in [0.25, 0.3) is 5.91 Å². The number of piperazine rings is 1. The summed E-state index contributed by atoms with van der Waals surface area (Å²) in [5.74, 6) is 2.70. The number of anilines is 1. The maximum Gasteiger partial charge on any atom is 0.253 e. The highest BCUT2D eigenvalue weighted by atomic mass is 16.5. The molecule has 0 N–H and O–H groups in total. The first-order valence-electron chi connectivity index (χ1n) is 12.8. The largest absolute Gasteiger partial charge is 0.494 e. The molecule has 1 saturated heterocycles. The Morgan fingerprint density at radius 3 is 2.31 bits per heavy atom. The lowest BCUT2D eigenvalue weighted by molar-refractivity contribution is 0.0746. The molecule has 6 heteroatoms. The van der Waals surface area contributed by atoms with Gasteiger partial charge in [-0.3, -0.25) is 4.79 Å². The van der Waals surface area contributed by atoms with Crippen LogP contribution in [0.25, 0.3) is 0 Å². The molecule has 0 saturated carbocycles. The second-order valence-electron chi connectivity index (χ2n) is 9.04. The summed E-state index contributed by atoms with van der Waals surface area (Å²) >= 11 is 0. The number of hydrogen-bond donors (Lipinski definition) is 0. The van der Waals surface area contributed by atoms with Gasteiger partial charge in [-0.15, -0.1) is 0 Å². The molecule has 0 bridgehead atoms. The SMILES string of the molecule is CCCCOc1ccc(C(=O)N2CCN(c3nc(C)nc(CC)c3Cc3ccccc3)CC2)cc1. The van der Waals surface area contributed by atoms with Crippen LogP contribution in [0.15, 0.2) is 54.6 Å². The van der Waals surface area contributed by atoms with Crippen molar-refractivity contribution in [2.24, 2.45) is 0 Å². The molecular formula is C29H36N4O2. The first kappa shape index (κ1) is 24.7. The van der Waals surface area contributed by atoms with Crippen molar-refractivity contribution in [1.29, 1.82) is 0 Å². The van der Waals surface area contributed by atoms with Gasteiger partial charge in [-0.25, -0.2) is 9.97 Å². The van der Waals surface area contributed by atoms with Crippen molar-refractivity contribution < 1.29 is 9.53 Å². The number of nitrogens with zero attached hydrogens (tertiary/aromatic N) is 4. The summed E-state index contributed by atoms with van der Waals surface area (Å²) in [6, 6.07) is 18.0. The van der Waals surface area contributed by atoms with Crippen LogP contribution in [0.1, 0.15) is 59.7 Å². The fraction of sp³-hybridized carbons (Fsp3) is 0.414. The van der Waals surface area contributed by atoms with Crippen LogP contribution in [0.5, 0.6) is 5.75 Å². The van der Waals surface area contributed by atoms with Crippen LogP contribution in [-0.4, -0.2) is 53.6 Å². The lowest BCUT2D eigenvalue weighted by Gasteiger charge is -2.36. The van der Waals surface area contributed by atoms with E-state index < -0.39 is 0 Å². The van der Waals surface area contributed by atoms with Gasteiger partial charge >= 0.3 is 0 Å². The summed E-state index contributed by atoms with van der Waals surface area (Å²) in [7, 11) is 0. The zero-order valence-electron chi connectivity index (χ0n) is 21.2. The predicted molar refractivity (Wildman–Crippen MR) is 140 cm³/mol. The van der Waals surface area contributed by atoms with Crippen molar-refractivity contribution >= 4 is 11.7 Å². The zero-order valence-corrected chi connectivity index (χ0v) is 21.2. The van der Waals surface area contributed by atoms with Crippen molar-refractivity contribution in [3.8, 4) is 5.75 Å². The maximum atomic E-state index is 13.1. The lowest BCUT2D eigenvalue weighted by Crippen LogP contribution is -2.49. The average Bonchev–Trinajstić information content (AvgIpc) is 2.90. The molecule has 4 rings (SSSR count). The van der Waals surface area contributed by atoms with E-state index in [1.165, 1.54) is 11.1 Å². The second kappa shape index (κ2) is 11.8. The van der Waals surface area contributed by atoms with E-state index in [1.54, 1.807) is 0 Å². The summed E-state index contributed by atoms with van der Waals surface area (Å²) < 4.78 is 5.73. The number of hydrogen-bond acceptors (Lipinski definition) is 5. The zero-order chi connectivity index (χ0) is 24.6. The molecule has 0 unspecified atom stereocenters. The number of carbonyl (C=O) groups excluding carboxylic acids is 1. The highest BCUT2D eigenvalue weighted by molar-refractivity contribution is 5.94. The molecule has 2 heterocycles. The van der Waals surface area contributed by atoms with Crippen LogP contribution in [0.2, 0.25) is 0 Å². The molecule has 1 aromatic heterocycles. The van der Waals surface area contributed by atoms with E-state index in [0.717, 1.165) is 61.9 Å². The Labute approximate surface area is 209 Å². The average molecular weight is 473 g/mol. The molecule has 1 fully saturated rings. The molecule has 3 aromatic rings. The number of ether oxygens (including phenoxy) is 1. The van der Waals surface area contributed by atoms with Gasteiger partial charge in [0.05, 0.1) is 6.61 Å². The summed E-state index contributed by atoms with van der Waals surface area (Å²) in [6.45, 7) is 9.81. The highest BCUT2D eigenvalue weighted by Crippen LogP contribution is 2.26. The van der Waals surface area contributed by atoms with E-state index in [4.69, 9.17) is 14.7 Å². The van der Waals surface area contributed by atoms with Crippen molar-refractivity contribution in [1.82, 2.24) is 14.9 Å². The molecule has 1 aliphatic rings. The molecular weight excluding hydrogens is 436 g/mol. The maximum absolute atomic E-state index is 13.1. The van der Waals surface area contributed by atoms with Crippen molar-refractivity contribution in [3.63, 3.8) is 0 Å². The second-order valence-corrected chi connectivity index (χ2v) is 9.04. The van der Waals surface area contributed by atoms with E-state index >= 15 is 0 Å². The quantitative estimate of drug-likeness (QED) is 0.407.